The molecule has 166 valence electrons. The summed E-state index contributed by atoms with van der Waals surface area (Å²) < 4.78 is 0. The fraction of sp³-hybridized carbons (Fsp3) is 0.107. The Morgan fingerprint density at radius 3 is 1.67 bits per heavy atom. The molecule has 4 aromatic carbocycles. The van der Waals surface area contributed by atoms with Gasteiger partial charge in [-0.2, -0.15) is 0 Å². The quantitative estimate of drug-likeness (QED) is 0.198. The predicted molar refractivity (Wildman–Crippen MR) is 137 cm³/mol. The summed E-state index contributed by atoms with van der Waals surface area (Å²) in [7, 11) is 11.6. The van der Waals surface area contributed by atoms with Gasteiger partial charge < -0.3 is 5.11 Å². The average Bonchev–Trinajstić information content (AvgIpc) is 2.87. The first-order valence-corrected chi connectivity index (χ1v) is 16.8. The Hall–Kier alpha value is -2.19. The van der Waals surface area contributed by atoms with Crippen LogP contribution >= 0.6 is 17.0 Å². The molecule has 0 aliphatic rings. The number of phenols is 1. The van der Waals surface area contributed by atoms with Crippen molar-refractivity contribution in [2.24, 2.45) is 4.99 Å². The summed E-state index contributed by atoms with van der Waals surface area (Å²) in [6.07, 6.45) is 1.72. The normalized spacial score (nSPS) is 11.0. The van der Waals surface area contributed by atoms with E-state index in [0.717, 1.165) is 27.8 Å². The minimum absolute atomic E-state index is 0.260. The number of rotatable bonds is 5. The zero-order chi connectivity index (χ0) is 23.7. The molecule has 2 nitrogen and oxygen atoms in total. The number of aromatic hydroxyl groups is 1. The van der Waals surface area contributed by atoms with Gasteiger partial charge in [0.2, 0.25) is 0 Å². The average molecular weight is 554 g/mol. The molecule has 0 fully saturated rings. The van der Waals surface area contributed by atoms with Gasteiger partial charge in [0.1, 0.15) is 5.75 Å². The van der Waals surface area contributed by atoms with Gasteiger partial charge in [0.25, 0.3) is 0 Å². The summed E-state index contributed by atoms with van der Waals surface area (Å²) in [6.45, 7) is 2.17. The van der Waals surface area contributed by atoms with Crippen LogP contribution in [0.3, 0.4) is 0 Å². The summed E-state index contributed by atoms with van der Waals surface area (Å²) in [4.78, 5) is 4.19. The van der Waals surface area contributed by atoms with Crippen LogP contribution in [-0.2, 0) is 26.3 Å². The number of hydrogen-bond donors (Lipinski definition) is 1. The Kier molecular flexibility index (Phi) is 9.50. The Bertz CT molecular complexity index is 1140. The Morgan fingerprint density at radius 1 is 0.758 bits per heavy atom. The molecule has 5 heteroatoms. The molecule has 0 atom stereocenters. The monoisotopic (exact) mass is 551 g/mol. The summed E-state index contributed by atoms with van der Waals surface area (Å²) in [6, 6.07) is 35.1. The molecule has 4 rings (SSSR count). The maximum atomic E-state index is 11.4. The molecular formula is C28H25Cl2NOZr. The van der Waals surface area contributed by atoms with E-state index in [1.165, 1.54) is 0 Å². The number of hydrogen-bond acceptors (Lipinski definition) is 2. The van der Waals surface area contributed by atoms with Gasteiger partial charge in [0.05, 0.1) is 0 Å². The first-order valence-electron chi connectivity index (χ1n) is 10.5. The third kappa shape index (κ3) is 5.85. The molecule has 0 bridgehead atoms. The van der Waals surface area contributed by atoms with Crippen LogP contribution in [0.25, 0.3) is 11.1 Å². The molecule has 0 saturated heterocycles. The second kappa shape index (κ2) is 12.3. The van der Waals surface area contributed by atoms with Crippen LogP contribution in [0.2, 0.25) is 0 Å². The van der Waals surface area contributed by atoms with Gasteiger partial charge in [-0.15, -0.1) is 0 Å². The third-order valence-corrected chi connectivity index (χ3v) is 5.76. The maximum absolute atomic E-state index is 11.4. The molecule has 0 saturated carbocycles. The summed E-state index contributed by atoms with van der Waals surface area (Å²) in [5, 5.41) is 11.4. The first-order chi connectivity index (χ1) is 16.1. The Morgan fingerprint density at radius 2 is 1.21 bits per heavy atom. The Balaban J connectivity index is 0.000000968. The van der Waals surface area contributed by atoms with Gasteiger partial charge in [-0.1, -0.05) is 91.0 Å². The van der Waals surface area contributed by atoms with Crippen molar-refractivity contribution in [2.45, 2.75) is 12.3 Å². The van der Waals surface area contributed by atoms with E-state index in [-0.39, 0.29) is 5.75 Å². The molecule has 0 spiro atoms. The van der Waals surface area contributed by atoms with Crippen LogP contribution in [-0.4, -0.2) is 18.4 Å². The minimum atomic E-state index is -0.826. The van der Waals surface area contributed by atoms with Crippen molar-refractivity contribution < 1.29 is 26.0 Å². The number of phenolic OH excluding ortho intramolecular Hbond substituents is 1. The van der Waals surface area contributed by atoms with Crippen LogP contribution in [0, 0.1) is 0 Å². The van der Waals surface area contributed by atoms with Crippen molar-refractivity contribution in [3.63, 3.8) is 0 Å². The van der Waals surface area contributed by atoms with Crippen molar-refractivity contribution in [2.75, 3.05) is 7.05 Å². The molecule has 0 heterocycles. The molecule has 33 heavy (non-hydrogen) atoms. The zero-order valence-corrected chi connectivity index (χ0v) is 22.5. The van der Waals surface area contributed by atoms with Gasteiger partial charge >= 0.3 is 37.9 Å². The van der Waals surface area contributed by atoms with Crippen molar-refractivity contribution in [3.05, 3.63) is 125 Å². The van der Waals surface area contributed by atoms with Gasteiger partial charge in [-0.25, -0.2) is 0 Å². The van der Waals surface area contributed by atoms with Gasteiger partial charge in [0, 0.05) is 29.8 Å². The number of aliphatic imine (C=N–C) groups is 1. The second-order valence-corrected chi connectivity index (χ2v) is 11.4. The van der Waals surface area contributed by atoms with E-state index in [1.807, 2.05) is 60.7 Å². The molecule has 0 aliphatic carbocycles. The topological polar surface area (TPSA) is 32.6 Å². The van der Waals surface area contributed by atoms with E-state index >= 15 is 0 Å². The van der Waals surface area contributed by atoms with Gasteiger partial charge in [-0.05, 0) is 41.3 Å². The summed E-state index contributed by atoms with van der Waals surface area (Å²) in [5.74, 6) is 0.260. The van der Waals surface area contributed by atoms with E-state index in [9.17, 15) is 5.11 Å². The van der Waals surface area contributed by atoms with Crippen LogP contribution < -0.4 is 0 Å². The predicted octanol–water partition coefficient (Wildman–Crippen LogP) is 7.84. The van der Waals surface area contributed by atoms with Crippen LogP contribution in [0.15, 0.2) is 108 Å². The molecule has 0 aliphatic heterocycles. The second-order valence-electron chi connectivity index (χ2n) is 7.64. The Labute approximate surface area is 214 Å². The molecule has 0 amide bonds. The van der Waals surface area contributed by atoms with Crippen LogP contribution in [0.5, 0.6) is 5.75 Å². The van der Waals surface area contributed by atoms with Crippen LogP contribution in [0.1, 0.15) is 29.2 Å². The van der Waals surface area contributed by atoms with E-state index in [4.69, 9.17) is 17.0 Å². The molecular weight excluding hydrogens is 528 g/mol. The van der Waals surface area contributed by atoms with E-state index < -0.39 is 26.3 Å². The van der Waals surface area contributed by atoms with E-state index in [1.54, 1.807) is 13.3 Å². The molecule has 1 N–H and O–H groups in total. The number of halogens is 2. The van der Waals surface area contributed by atoms with Crippen molar-refractivity contribution in [3.8, 4) is 16.9 Å². The zero-order valence-electron chi connectivity index (χ0n) is 18.5. The number of benzene rings is 4. The standard InChI is InChI=1S/C28H25NO.2ClH.Zr/c1-28(24-14-8-4-9-15-24,25-16-10-5-11-17-25)26-19-22(21-12-6-3-7-13-21)18-23(20-29-2)27(26)30;;;/h3-20,30H,1-2H3;2*1H;/q;;;+2/p-2. The summed E-state index contributed by atoms with van der Waals surface area (Å²) >= 11 is -0.826. The molecule has 0 radical (unpaired) electrons. The van der Waals surface area contributed by atoms with Gasteiger partial charge in [-0.3, -0.25) is 4.99 Å². The van der Waals surface area contributed by atoms with Crippen molar-refractivity contribution in [1.82, 2.24) is 0 Å². The third-order valence-electron chi connectivity index (χ3n) is 5.76. The molecule has 0 unspecified atom stereocenters. The fourth-order valence-electron chi connectivity index (χ4n) is 4.09. The number of nitrogens with zero attached hydrogens (tertiary/aromatic N) is 1. The first kappa shape index (κ1) is 25.4. The molecule has 0 aromatic heterocycles. The van der Waals surface area contributed by atoms with Crippen LogP contribution in [0.4, 0.5) is 0 Å². The SMILES string of the molecule is CN=Cc1cc(-c2ccccc2)cc(C(C)(c2ccccc2)c2ccccc2)c1O.[Cl][Zr][Cl]. The van der Waals surface area contributed by atoms with Crippen molar-refractivity contribution in [1.29, 1.82) is 0 Å². The van der Waals surface area contributed by atoms with E-state index in [2.05, 4.69) is 54.4 Å². The molecule has 4 aromatic rings. The van der Waals surface area contributed by atoms with Crippen molar-refractivity contribution >= 4 is 23.2 Å². The van der Waals surface area contributed by atoms with Gasteiger partial charge in [0.15, 0.2) is 0 Å². The summed E-state index contributed by atoms with van der Waals surface area (Å²) in [5.41, 5.74) is 5.44. The fourth-order valence-corrected chi connectivity index (χ4v) is 4.09. The van der Waals surface area contributed by atoms with E-state index in [0.29, 0.717) is 5.56 Å².